The number of amides is 1. The summed E-state index contributed by atoms with van der Waals surface area (Å²) in [6, 6.07) is 20.7. The molecule has 1 amide bonds. The first kappa shape index (κ1) is 23.9. The zero-order valence-corrected chi connectivity index (χ0v) is 19.6. The Kier molecular flexibility index (Phi) is 8.12. The van der Waals surface area contributed by atoms with E-state index in [2.05, 4.69) is 5.32 Å². The van der Waals surface area contributed by atoms with E-state index in [4.69, 9.17) is 21.1 Å². The quantitative estimate of drug-likeness (QED) is 0.308. The maximum Gasteiger partial charge on any atom is 0.266 e. The molecular weight excluding hydrogens is 436 g/mol. The molecule has 0 aliphatic heterocycles. The molecule has 0 aliphatic carbocycles. The Balaban J connectivity index is 1.86. The van der Waals surface area contributed by atoms with Crippen molar-refractivity contribution in [3.63, 3.8) is 0 Å². The van der Waals surface area contributed by atoms with Gasteiger partial charge in [0.2, 0.25) is 0 Å². The number of nitrogens with zero attached hydrogens (tertiary/aromatic N) is 1. The number of rotatable bonds is 8. The average Bonchev–Trinajstić information content (AvgIpc) is 2.78. The molecule has 5 nitrogen and oxygen atoms in total. The van der Waals surface area contributed by atoms with E-state index in [1.54, 1.807) is 18.2 Å². The number of aryl methyl sites for hydroxylation is 2. The number of hydrogen-bond acceptors (Lipinski definition) is 4. The van der Waals surface area contributed by atoms with E-state index >= 15 is 0 Å². The Morgan fingerprint density at radius 2 is 1.88 bits per heavy atom. The van der Waals surface area contributed by atoms with Crippen LogP contribution in [0.15, 0.2) is 66.2 Å². The Labute approximate surface area is 199 Å². The lowest BCUT2D eigenvalue weighted by atomic mass is 10.1. The topological polar surface area (TPSA) is 71.3 Å². The third-order valence-electron chi connectivity index (χ3n) is 4.87. The number of ether oxygens (including phenoxy) is 2. The number of para-hydroxylation sites is 1. The van der Waals surface area contributed by atoms with Crippen LogP contribution in [0.4, 0.5) is 5.69 Å². The van der Waals surface area contributed by atoms with E-state index in [9.17, 15) is 10.1 Å². The minimum absolute atomic E-state index is 0.0507. The fraction of sp³-hybridized carbons (Fsp3) is 0.185. The largest absolute Gasteiger partial charge is 0.490 e. The second-order valence-electron chi connectivity index (χ2n) is 7.48. The molecule has 0 spiro atoms. The van der Waals surface area contributed by atoms with E-state index in [0.29, 0.717) is 41.0 Å². The summed E-state index contributed by atoms with van der Waals surface area (Å²) < 4.78 is 11.7. The lowest BCUT2D eigenvalue weighted by Crippen LogP contribution is -2.14. The van der Waals surface area contributed by atoms with Gasteiger partial charge in [-0.1, -0.05) is 59.6 Å². The van der Waals surface area contributed by atoms with Crippen molar-refractivity contribution in [1.29, 1.82) is 5.26 Å². The molecule has 33 heavy (non-hydrogen) atoms. The minimum Gasteiger partial charge on any atom is -0.490 e. The third-order valence-corrected chi connectivity index (χ3v) is 5.15. The monoisotopic (exact) mass is 460 g/mol. The summed E-state index contributed by atoms with van der Waals surface area (Å²) in [7, 11) is 0. The van der Waals surface area contributed by atoms with Gasteiger partial charge in [0, 0.05) is 5.69 Å². The Bertz CT molecular complexity index is 1230. The Morgan fingerprint density at radius 1 is 1.09 bits per heavy atom. The van der Waals surface area contributed by atoms with Gasteiger partial charge in [0.25, 0.3) is 5.91 Å². The molecule has 3 aromatic rings. The van der Waals surface area contributed by atoms with E-state index in [1.807, 2.05) is 69.3 Å². The third kappa shape index (κ3) is 6.38. The molecule has 168 valence electrons. The average molecular weight is 461 g/mol. The Morgan fingerprint density at radius 3 is 2.58 bits per heavy atom. The minimum atomic E-state index is -0.499. The van der Waals surface area contributed by atoms with Crippen molar-refractivity contribution in [2.75, 3.05) is 11.9 Å². The summed E-state index contributed by atoms with van der Waals surface area (Å²) in [6.07, 6.45) is 1.48. The molecule has 0 aliphatic rings. The van der Waals surface area contributed by atoms with E-state index in [0.717, 1.165) is 16.7 Å². The fourth-order valence-electron chi connectivity index (χ4n) is 3.25. The van der Waals surface area contributed by atoms with Gasteiger partial charge in [-0.15, -0.1) is 0 Å². The molecule has 0 aromatic heterocycles. The van der Waals surface area contributed by atoms with Crippen LogP contribution in [0.25, 0.3) is 6.08 Å². The number of hydrogen-bond donors (Lipinski definition) is 1. The first-order valence-electron chi connectivity index (χ1n) is 10.5. The summed E-state index contributed by atoms with van der Waals surface area (Å²) in [6.45, 7) is 6.50. The number of halogens is 1. The molecule has 0 unspecified atom stereocenters. The highest BCUT2D eigenvalue weighted by Gasteiger charge is 2.15. The molecule has 0 heterocycles. The zero-order valence-electron chi connectivity index (χ0n) is 18.8. The molecule has 0 saturated carbocycles. The van der Waals surface area contributed by atoms with Gasteiger partial charge >= 0.3 is 0 Å². The number of nitrogens with one attached hydrogen (secondary N) is 1. The molecule has 0 atom stereocenters. The molecule has 3 rings (SSSR count). The first-order valence-corrected chi connectivity index (χ1v) is 10.9. The van der Waals surface area contributed by atoms with Crippen LogP contribution in [0.1, 0.15) is 29.2 Å². The van der Waals surface area contributed by atoms with E-state index in [-0.39, 0.29) is 5.57 Å². The van der Waals surface area contributed by atoms with Crippen LogP contribution in [0, 0.1) is 25.2 Å². The fourth-order valence-corrected chi connectivity index (χ4v) is 3.52. The number of carbonyl (C=O) groups excluding carboxylic acids is 1. The SMILES string of the molecule is CCOc1cc(/C=C(\C#N)C(=O)Nc2ccccc2C)cc(Cl)c1OCc1cccc(C)c1. The zero-order chi connectivity index (χ0) is 23.8. The van der Waals surface area contributed by atoms with Gasteiger partial charge in [0.05, 0.1) is 11.6 Å². The molecule has 0 saturated heterocycles. The summed E-state index contributed by atoms with van der Waals surface area (Å²) in [5, 5.41) is 12.7. The highest BCUT2D eigenvalue weighted by atomic mass is 35.5. The van der Waals surface area contributed by atoms with Crippen molar-refractivity contribution in [2.24, 2.45) is 0 Å². The molecule has 1 N–H and O–H groups in total. The van der Waals surface area contributed by atoms with Crippen LogP contribution in [-0.4, -0.2) is 12.5 Å². The van der Waals surface area contributed by atoms with Gasteiger partial charge in [-0.05, 0) is 61.7 Å². The molecule has 0 radical (unpaired) electrons. The number of nitriles is 1. The second-order valence-corrected chi connectivity index (χ2v) is 7.89. The van der Waals surface area contributed by atoms with Crippen molar-refractivity contribution >= 4 is 29.3 Å². The maximum absolute atomic E-state index is 12.7. The summed E-state index contributed by atoms with van der Waals surface area (Å²) >= 11 is 6.51. The summed E-state index contributed by atoms with van der Waals surface area (Å²) in [5.74, 6) is 0.362. The van der Waals surface area contributed by atoms with Gasteiger partial charge in [-0.2, -0.15) is 5.26 Å². The number of benzene rings is 3. The molecular formula is C27H25ClN2O3. The van der Waals surface area contributed by atoms with Crippen LogP contribution in [0.5, 0.6) is 11.5 Å². The van der Waals surface area contributed by atoms with Crippen molar-refractivity contribution < 1.29 is 14.3 Å². The van der Waals surface area contributed by atoms with Crippen molar-refractivity contribution in [2.45, 2.75) is 27.4 Å². The number of anilines is 1. The second kappa shape index (κ2) is 11.2. The van der Waals surface area contributed by atoms with Crippen LogP contribution in [0.2, 0.25) is 5.02 Å². The van der Waals surface area contributed by atoms with E-state index in [1.165, 1.54) is 6.08 Å². The van der Waals surface area contributed by atoms with E-state index < -0.39 is 5.91 Å². The van der Waals surface area contributed by atoms with Gasteiger partial charge in [0.1, 0.15) is 18.2 Å². The summed E-state index contributed by atoms with van der Waals surface area (Å²) in [5.41, 5.74) is 4.21. The van der Waals surface area contributed by atoms with Gasteiger partial charge in [-0.3, -0.25) is 4.79 Å². The molecule has 6 heteroatoms. The predicted molar refractivity (Wildman–Crippen MR) is 132 cm³/mol. The normalized spacial score (nSPS) is 10.9. The standard InChI is InChI=1S/C27H25ClN2O3/c1-4-32-25-15-21(13-22(16-29)27(31)30-24-11-6-5-9-19(24)3)14-23(28)26(25)33-17-20-10-7-8-18(2)12-20/h5-15H,4,17H2,1-3H3,(H,30,31)/b22-13+. The smallest absolute Gasteiger partial charge is 0.266 e. The first-order chi connectivity index (χ1) is 15.9. The Hall–Kier alpha value is -3.75. The molecule has 3 aromatic carbocycles. The molecule has 0 fully saturated rings. The van der Waals surface area contributed by atoms with Crippen LogP contribution in [-0.2, 0) is 11.4 Å². The highest BCUT2D eigenvalue weighted by molar-refractivity contribution is 6.32. The van der Waals surface area contributed by atoms with Crippen molar-refractivity contribution in [3.05, 3.63) is 93.5 Å². The molecule has 0 bridgehead atoms. The lowest BCUT2D eigenvalue weighted by molar-refractivity contribution is -0.112. The highest BCUT2D eigenvalue weighted by Crippen LogP contribution is 2.38. The van der Waals surface area contributed by atoms with Gasteiger partial charge in [-0.25, -0.2) is 0 Å². The van der Waals surface area contributed by atoms with Crippen LogP contribution >= 0.6 is 11.6 Å². The maximum atomic E-state index is 12.7. The summed E-state index contributed by atoms with van der Waals surface area (Å²) in [4.78, 5) is 12.7. The predicted octanol–water partition coefficient (Wildman–Crippen LogP) is 6.48. The van der Waals surface area contributed by atoms with Gasteiger partial charge < -0.3 is 14.8 Å². The van der Waals surface area contributed by atoms with Crippen LogP contribution in [0.3, 0.4) is 0 Å². The van der Waals surface area contributed by atoms with Gasteiger partial charge in [0.15, 0.2) is 11.5 Å². The van der Waals surface area contributed by atoms with Crippen molar-refractivity contribution in [1.82, 2.24) is 0 Å². The lowest BCUT2D eigenvalue weighted by Gasteiger charge is -2.15. The van der Waals surface area contributed by atoms with Crippen LogP contribution < -0.4 is 14.8 Å². The van der Waals surface area contributed by atoms with Crippen molar-refractivity contribution in [3.8, 4) is 17.6 Å². The number of carbonyl (C=O) groups is 1.